The van der Waals surface area contributed by atoms with Crippen LogP contribution in [0.4, 0.5) is 0 Å². The summed E-state index contributed by atoms with van der Waals surface area (Å²) in [4.78, 5) is 50.7. The van der Waals surface area contributed by atoms with Crippen molar-refractivity contribution in [2.45, 2.75) is 73.6 Å². The van der Waals surface area contributed by atoms with Crippen LogP contribution in [0.25, 0.3) is 0 Å². The first-order valence-electron chi connectivity index (χ1n) is 8.08. The summed E-state index contributed by atoms with van der Waals surface area (Å²) in [6.07, 6.45) is 2.53. The highest BCUT2D eigenvalue weighted by Crippen LogP contribution is 2.40. The van der Waals surface area contributed by atoms with Gasteiger partial charge in [0.05, 0.1) is 0 Å². The summed E-state index contributed by atoms with van der Waals surface area (Å²) >= 11 is 0. The maximum Gasteiger partial charge on any atom is 0.212 e. The molecule has 124 valence electrons. The third-order valence-corrected chi connectivity index (χ3v) is 5.05. The SMILES string of the molecule is CCCCC1(C)C(=O)C(=O)C(C)(C)CCC(C)(C)C(=O)C1=O. The zero-order valence-corrected chi connectivity index (χ0v) is 14.7. The van der Waals surface area contributed by atoms with Crippen LogP contribution >= 0.6 is 0 Å². The fourth-order valence-corrected chi connectivity index (χ4v) is 2.83. The van der Waals surface area contributed by atoms with Crippen LogP contribution in [0.2, 0.25) is 0 Å². The van der Waals surface area contributed by atoms with Gasteiger partial charge in [0, 0.05) is 10.8 Å². The molecule has 0 radical (unpaired) electrons. The topological polar surface area (TPSA) is 68.3 Å². The number of ketones is 4. The lowest BCUT2D eigenvalue weighted by atomic mass is 9.69. The highest BCUT2D eigenvalue weighted by molar-refractivity contribution is 6.53. The molecule has 0 saturated heterocycles. The lowest BCUT2D eigenvalue weighted by Crippen LogP contribution is -2.48. The summed E-state index contributed by atoms with van der Waals surface area (Å²) in [6.45, 7) is 10.3. The zero-order chi connectivity index (χ0) is 17.3. The average molecular weight is 308 g/mol. The summed E-state index contributed by atoms with van der Waals surface area (Å²) in [7, 11) is 0. The Labute approximate surface area is 133 Å². The van der Waals surface area contributed by atoms with Crippen molar-refractivity contribution in [2.24, 2.45) is 16.2 Å². The van der Waals surface area contributed by atoms with Crippen LogP contribution in [0, 0.1) is 16.2 Å². The van der Waals surface area contributed by atoms with E-state index in [4.69, 9.17) is 0 Å². The molecule has 0 N–H and O–H groups in total. The summed E-state index contributed by atoms with van der Waals surface area (Å²) in [6, 6.07) is 0. The number of unbranched alkanes of at least 4 members (excludes halogenated alkanes) is 1. The third-order valence-electron chi connectivity index (χ3n) is 5.05. The van der Waals surface area contributed by atoms with Gasteiger partial charge in [-0.3, -0.25) is 19.2 Å². The van der Waals surface area contributed by atoms with Gasteiger partial charge in [-0.2, -0.15) is 0 Å². The zero-order valence-electron chi connectivity index (χ0n) is 14.7. The molecule has 0 unspecified atom stereocenters. The molecule has 1 saturated carbocycles. The van der Waals surface area contributed by atoms with Gasteiger partial charge < -0.3 is 0 Å². The molecule has 1 fully saturated rings. The Hall–Kier alpha value is -1.32. The number of Topliss-reactive ketones (excluding diaryl/α,β-unsaturated/α-hetero) is 4. The predicted octanol–water partition coefficient (Wildman–Crippen LogP) is 3.31. The standard InChI is InChI=1S/C18H28O4/c1-7-8-9-18(6)14(21)12(19)16(2,3)10-11-17(4,5)13(20)15(18)22/h7-11H2,1-6H3. The van der Waals surface area contributed by atoms with Crippen molar-refractivity contribution in [3.63, 3.8) is 0 Å². The van der Waals surface area contributed by atoms with Gasteiger partial charge in [-0.05, 0) is 26.2 Å². The smallest absolute Gasteiger partial charge is 0.212 e. The first kappa shape index (κ1) is 18.7. The Bertz CT molecular complexity index is 471. The van der Waals surface area contributed by atoms with Gasteiger partial charge in [-0.25, -0.2) is 0 Å². The first-order valence-corrected chi connectivity index (χ1v) is 8.08. The van der Waals surface area contributed by atoms with Crippen LogP contribution in [0.15, 0.2) is 0 Å². The molecule has 4 nitrogen and oxygen atoms in total. The van der Waals surface area contributed by atoms with Crippen LogP contribution in [-0.4, -0.2) is 23.1 Å². The second kappa shape index (κ2) is 6.05. The van der Waals surface area contributed by atoms with Crippen LogP contribution in [0.5, 0.6) is 0 Å². The first-order chi connectivity index (χ1) is 9.90. The molecule has 1 aliphatic rings. The highest BCUT2D eigenvalue weighted by atomic mass is 16.2. The van der Waals surface area contributed by atoms with Crippen molar-refractivity contribution < 1.29 is 19.2 Å². The van der Waals surface area contributed by atoms with Crippen molar-refractivity contribution in [3.8, 4) is 0 Å². The van der Waals surface area contributed by atoms with Crippen LogP contribution in [0.1, 0.15) is 73.6 Å². The van der Waals surface area contributed by atoms with Gasteiger partial charge in [-0.15, -0.1) is 0 Å². The van der Waals surface area contributed by atoms with Crippen molar-refractivity contribution in [2.75, 3.05) is 0 Å². The molecule has 1 rings (SSSR count). The third kappa shape index (κ3) is 3.21. The van der Waals surface area contributed by atoms with E-state index in [-0.39, 0.29) is 6.42 Å². The molecule has 1 aliphatic carbocycles. The fraction of sp³-hybridized carbons (Fsp3) is 0.778. The van der Waals surface area contributed by atoms with Gasteiger partial charge in [-0.1, -0.05) is 47.5 Å². The Morgan fingerprint density at radius 2 is 1.09 bits per heavy atom. The normalized spacial score (nSPS) is 24.6. The van der Waals surface area contributed by atoms with E-state index >= 15 is 0 Å². The van der Waals surface area contributed by atoms with Gasteiger partial charge in [0.1, 0.15) is 5.41 Å². The molecule has 0 aromatic heterocycles. The van der Waals surface area contributed by atoms with Crippen molar-refractivity contribution in [3.05, 3.63) is 0 Å². The van der Waals surface area contributed by atoms with Crippen LogP contribution in [-0.2, 0) is 19.2 Å². The minimum atomic E-state index is -1.51. The molecular weight excluding hydrogens is 280 g/mol. The van der Waals surface area contributed by atoms with Gasteiger partial charge in [0.25, 0.3) is 0 Å². The predicted molar refractivity (Wildman–Crippen MR) is 84.5 cm³/mol. The van der Waals surface area contributed by atoms with Crippen LogP contribution in [0.3, 0.4) is 0 Å². The molecule has 0 spiro atoms. The molecule has 0 aromatic rings. The van der Waals surface area contributed by atoms with Gasteiger partial charge in [0.2, 0.25) is 23.1 Å². The van der Waals surface area contributed by atoms with E-state index in [0.717, 1.165) is 6.42 Å². The number of carbonyl (C=O) groups excluding carboxylic acids is 4. The molecular formula is C18H28O4. The number of carbonyl (C=O) groups is 4. The summed E-state index contributed by atoms with van der Waals surface area (Å²) in [5.41, 5.74) is -3.19. The molecule has 0 bridgehead atoms. The Kier molecular flexibility index (Phi) is 5.15. The maximum atomic E-state index is 12.7. The summed E-state index contributed by atoms with van der Waals surface area (Å²) in [5, 5.41) is 0. The van der Waals surface area contributed by atoms with E-state index in [1.165, 1.54) is 6.92 Å². The number of hydrogen-bond acceptors (Lipinski definition) is 4. The second-order valence-corrected chi connectivity index (χ2v) is 8.02. The summed E-state index contributed by atoms with van der Waals surface area (Å²) in [5.74, 6) is -2.43. The largest absolute Gasteiger partial charge is 0.290 e. The Balaban J connectivity index is 3.44. The van der Waals surface area contributed by atoms with Crippen molar-refractivity contribution in [1.29, 1.82) is 0 Å². The lowest BCUT2D eigenvalue weighted by Gasteiger charge is -2.28. The van der Waals surface area contributed by atoms with E-state index in [9.17, 15) is 19.2 Å². The summed E-state index contributed by atoms with van der Waals surface area (Å²) < 4.78 is 0. The molecule has 0 aliphatic heterocycles. The van der Waals surface area contributed by atoms with Crippen LogP contribution < -0.4 is 0 Å². The second-order valence-electron chi connectivity index (χ2n) is 8.02. The fourth-order valence-electron chi connectivity index (χ4n) is 2.83. The van der Waals surface area contributed by atoms with Crippen molar-refractivity contribution >= 4 is 23.1 Å². The Morgan fingerprint density at radius 3 is 1.41 bits per heavy atom. The van der Waals surface area contributed by atoms with E-state index in [2.05, 4.69) is 0 Å². The number of hydrogen-bond donors (Lipinski definition) is 0. The number of rotatable bonds is 3. The van der Waals surface area contributed by atoms with Gasteiger partial charge >= 0.3 is 0 Å². The lowest BCUT2D eigenvalue weighted by molar-refractivity contribution is -0.155. The van der Waals surface area contributed by atoms with E-state index < -0.39 is 39.4 Å². The van der Waals surface area contributed by atoms with Crippen molar-refractivity contribution in [1.82, 2.24) is 0 Å². The highest BCUT2D eigenvalue weighted by Gasteiger charge is 2.53. The molecule has 0 amide bonds. The molecule has 22 heavy (non-hydrogen) atoms. The minimum Gasteiger partial charge on any atom is -0.290 e. The van der Waals surface area contributed by atoms with E-state index in [1.807, 2.05) is 6.92 Å². The maximum absolute atomic E-state index is 12.7. The Morgan fingerprint density at radius 1 is 0.727 bits per heavy atom. The molecule has 4 heteroatoms. The minimum absolute atomic E-state index is 0.255. The van der Waals surface area contributed by atoms with E-state index in [0.29, 0.717) is 19.3 Å². The molecule has 0 aromatic carbocycles. The average Bonchev–Trinajstić information content (AvgIpc) is 2.47. The molecule has 0 atom stereocenters. The monoisotopic (exact) mass is 308 g/mol. The quantitative estimate of drug-likeness (QED) is 0.592. The molecule has 0 heterocycles. The van der Waals surface area contributed by atoms with Gasteiger partial charge in [0.15, 0.2) is 0 Å². The van der Waals surface area contributed by atoms with E-state index in [1.54, 1.807) is 27.7 Å².